The van der Waals surface area contributed by atoms with Crippen LogP contribution in [0.4, 0.5) is 0 Å². The van der Waals surface area contributed by atoms with Gasteiger partial charge in [-0.2, -0.15) is 0 Å². The van der Waals surface area contributed by atoms with Crippen LogP contribution in [0.2, 0.25) is 0 Å². The van der Waals surface area contributed by atoms with Crippen LogP contribution < -0.4 is 37.2 Å². The third kappa shape index (κ3) is 26.5. The number of ether oxygens (including phenoxy) is 21. The second kappa shape index (κ2) is 51.3. The summed E-state index contributed by atoms with van der Waals surface area (Å²) >= 11 is 0. The summed E-state index contributed by atoms with van der Waals surface area (Å²) in [5.74, 6) is -6.58. The number of carbonyl (C=O) groups excluding carboxylic acids is 7. The lowest BCUT2D eigenvalue weighted by atomic mass is 9.93. The van der Waals surface area contributed by atoms with Crippen LogP contribution in [0.5, 0.6) is 0 Å². The SMILES string of the molecule is CC(=O)N[C@@H]1[C@H](O[C@@H]2[C@@H](O[C@@H]3[C@H](O)[C@H](O[C@H]4[C@H](O)[C@@H](NC(C)=O)[C@H](O[C@H]5[C@H](O)[C@@H](NC(C)=O)[C@H](O)O[C@@H]5CO[C@H]5O[C@H](C)[C@H](O)[C@H](O)[C@H]5O)O[C@@H]4CO)O[C@H](CO[C@H]4O[C@H](CO)[C@@H](O)[C@H](O)[C@@H]4O[C@@H]4O[C@H](CO)[C@@H](O[C@@H]5O[C@H](CO)[C@H](O)[C@H](O)[C@H]5NC(C)=O)[C@H](O)[C@H]4NC(C)=O)[C@H]3O)O[C@H](CO)[C@@H](O[C@@H]3O[C@H](CO)[C@@H](O)[C@H](O)[C@H]3NC(C)=O)[C@@H]2O)O[C@H](CO)[C@@H](O[C@@H]2O[C@H](CO)[C@H](O)[C@H](O)[C@H]2NC(C)=O)[C@@H]1O. The van der Waals surface area contributed by atoms with E-state index < -0.39 is 445 Å². The van der Waals surface area contributed by atoms with Gasteiger partial charge in [0.25, 0.3) is 0 Å². The lowest BCUT2D eigenvalue weighted by Crippen LogP contribution is -2.71. The van der Waals surface area contributed by atoms with E-state index in [1.54, 1.807) is 0 Å². The van der Waals surface area contributed by atoms with Gasteiger partial charge in [0, 0.05) is 48.5 Å². The molecule has 34 N–H and O–H groups in total. The lowest BCUT2D eigenvalue weighted by Gasteiger charge is -2.52. The highest BCUT2D eigenvalue weighted by molar-refractivity contribution is 5.75. The number of aliphatic hydroxyl groups is 27. The van der Waals surface area contributed by atoms with E-state index in [1.807, 2.05) is 0 Å². The first-order chi connectivity index (χ1) is 67.1. The summed E-state index contributed by atoms with van der Waals surface area (Å²) in [6.45, 7) is -3.76. The van der Waals surface area contributed by atoms with E-state index in [9.17, 15) is 171 Å². The molecule has 11 saturated heterocycles. The van der Waals surface area contributed by atoms with Gasteiger partial charge in [-0.05, 0) is 6.92 Å². The molecule has 11 fully saturated rings. The number of aliphatic hydroxyl groups excluding tert-OH is 27. The molecule has 0 aromatic heterocycles. The van der Waals surface area contributed by atoms with E-state index in [2.05, 4.69) is 37.2 Å². The van der Waals surface area contributed by atoms with E-state index in [-0.39, 0.29) is 0 Å². The zero-order valence-electron chi connectivity index (χ0n) is 77.3. The third-order valence-corrected chi connectivity index (χ3v) is 25.7. The molecule has 62 heteroatoms. The largest absolute Gasteiger partial charge is 0.394 e. The van der Waals surface area contributed by atoms with Crippen molar-refractivity contribution in [3.05, 3.63) is 0 Å². The predicted molar refractivity (Wildman–Crippen MR) is 442 cm³/mol. The van der Waals surface area contributed by atoms with E-state index in [1.165, 1.54) is 6.92 Å². The predicted octanol–water partition coefficient (Wildman–Crippen LogP) is -22.9. The molecule has 11 heterocycles. The van der Waals surface area contributed by atoms with Crippen molar-refractivity contribution >= 4 is 41.4 Å². The first-order valence-corrected chi connectivity index (χ1v) is 45.5. The molecule has 0 radical (unpaired) electrons. The first kappa shape index (κ1) is 117. The van der Waals surface area contributed by atoms with Crippen molar-refractivity contribution < 1.29 is 271 Å². The lowest BCUT2D eigenvalue weighted by molar-refractivity contribution is -0.405. The van der Waals surface area contributed by atoms with Crippen LogP contribution >= 0.6 is 0 Å². The van der Waals surface area contributed by atoms with Crippen molar-refractivity contribution in [3.8, 4) is 0 Å². The highest BCUT2D eigenvalue weighted by Gasteiger charge is 2.63. The molecule has 0 spiro atoms. The van der Waals surface area contributed by atoms with E-state index >= 15 is 0 Å². The molecule has 11 aliphatic rings. The number of rotatable bonds is 37. The molecule has 0 aromatic rings. The van der Waals surface area contributed by atoms with Gasteiger partial charge in [0.05, 0.1) is 72.2 Å². The highest BCUT2D eigenvalue weighted by atomic mass is 16.8. The Morgan fingerprint density at radius 3 is 0.789 bits per heavy atom. The summed E-state index contributed by atoms with van der Waals surface area (Å²) in [6, 6.07) is -13.4. The molecule has 0 aromatic carbocycles. The first-order valence-electron chi connectivity index (χ1n) is 45.5. The van der Waals surface area contributed by atoms with Gasteiger partial charge in [0.2, 0.25) is 41.4 Å². The molecular formula is C80H133N7O55. The molecule has 11 aliphatic heterocycles. The highest BCUT2D eigenvalue weighted by Crippen LogP contribution is 2.42. The standard InChI is InChI=1S/C80H133N7O55/c1-19-44(103)57(116)59(118)77(124-19)122-18-36-66(53(112)37(70(121)125-36)81-20(2)96)138-74-41(85-24(6)100)56(115)64(33(15-94)130-74)139-78-61(120)67(49(108)35(134-78)17-123-79-68(58(117)48(107)30(12-91)129-79)141-75-42(86-25(7)101)54(113)62(31(13-92)131-75)135-71-38(82-21(3)97)50(109)45(104)27(9-88)126-71)140-80-69(60(119)65(34(16-95)133-80)137-73-40(84-23(5)99)52(111)47(106)29(11-90)128-73)142-76-43(87-26(8)102)55(114)63(32(14-93)132-76)136-72-39(83-22(4)98)51(110)46(105)28(10-89)127-72/h19,27-80,88-95,103-121H,9-18H2,1-8H3,(H,81,96)(H,82,97)(H,83,98)(H,84,99)(H,85,100)(H,86,101)(H,87,102)/t19-,27-,28-,29-,30-,31-,32-,33-,34-,35-,36-,37-,38-,39-,40-,41-,42-,43+,44+,45+,46+,47-,48-,49-,50-,51-,52-,53-,54-,55-,56-,57+,58+,59-,60+,61+,62-,63-,64-,65-,66-,67+,68+,69+,70-,71+,72+,73+,74+,75+,76+,77+,78+,79+,80-/m1/s1. The summed E-state index contributed by atoms with van der Waals surface area (Å²) in [4.78, 5) is 90.6. The molecule has 62 nitrogen and oxygen atoms in total. The minimum atomic E-state index is -2.76. The number of nitrogens with one attached hydrogen (secondary N) is 7. The Kier molecular flexibility index (Phi) is 42.1. The molecule has 0 saturated carbocycles. The number of amides is 7. The van der Waals surface area contributed by atoms with E-state index in [0.29, 0.717) is 0 Å². The van der Waals surface area contributed by atoms with Gasteiger partial charge in [0.1, 0.15) is 262 Å². The Bertz CT molecular complexity index is 4030. The Morgan fingerprint density at radius 1 is 0.197 bits per heavy atom. The number of hydrogen-bond acceptors (Lipinski definition) is 55. The maximum absolute atomic E-state index is 13.5. The maximum Gasteiger partial charge on any atom is 0.217 e. The maximum atomic E-state index is 13.5. The van der Waals surface area contributed by atoms with Gasteiger partial charge < -0.3 is 275 Å². The fourth-order valence-electron chi connectivity index (χ4n) is 18.5. The van der Waals surface area contributed by atoms with E-state index in [0.717, 1.165) is 48.5 Å². The molecule has 0 unspecified atom stereocenters. The minimum absolute atomic E-state index is 0.833. The van der Waals surface area contributed by atoms with Gasteiger partial charge in [-0.25, -0.2) is 0 Å². The average molecular weight is 2070 g/mol. The summed E-state index contributed by atoms with van der Waals surface area (Å²) in [6.07, 6.45) is -102. The Morgan fingerprint density at radius 2 is 0.444 bits per heavy atom. The molecule has 0 bridgehead atoms. The van der Waals surface area contributed by atoms with Crippen LogP contribution in [0.25, 0.3) is 0 Å². The van der Waals surface area contributed by atoms with Crippen LogP contribution in [0.15, 0.2) is 0 Å². The van der Waals surface area contributed by atoms with Gasteiger partial charge in [0.15, 0.2) is 69.2 Å². The average Bonchev–Trinajstić information content (AvgIpc) is 0.759. The second-order valence-electron chi connectivity index (χ2n) is 36.0. The van der Waals surface area contributed by atoms with Gasteiger partial charge in [-0.15, -0.1) is 0 Å². The second-order valence-corrected chi connectivity index (χ2v) is 36.0. The Balaban J connectivity index is 0.985. The molecule has 142 heavy (non-hydrogen) atoms. The summed E-state index contributed by atoms with van der Waals surface area (Å²) in [7, 11) is 0. The molecule has 11 rings (SSSR count). The molecule has 818 valence electrons. The zero-order chi connectivity index (χ0) is 105. The molecule has 55 atom stereocenters. The van der Waals surface area contributed by atoms with Gasteiger partial charge in [-0.1, -0.05) is 0 Å². The van der Waals surface area contributed by atoms with Crippen molar-refractivity contribution in [1.29, 1.82) is 0 Å². The van der Waals surface area contributed by atoms with Gasteiger partial charge in [-0.3, -0.25) is 33.6 Å². The number of hydrogen-bond donors (Lipinski definition) is 34. The molecule has 0 aliphatic carbocycles. The van der Waals surface area contributed by atoms with Crippen LogP contribution in [0.1, 0.15) is 55.4 Å². The fraction of sp³-hybridized carbons (Fsp3) is 0.912. The molecule has 7 amide bonds. The fourth-order valence-corrected chi connectivity index (χ4v) is 18.5. The zero-order valence-corrected chi connectivity index (χ0v) is 77.3. The van der Waals surface area contributed by atoms with Gasteiger partial charge >= 0.3 is 0 Å². The van der Waals surface area contributed by atoms with Crippen molar-refractivity contribution in [1.82, 2.24) is 37.2 Å². The summed E-state index contributed by atoms with van der Waals surface area (Å²) < 4.78 is 128. The topological polar surface area (TPSA) is 944 Å². The Labute approximate surface area is 805 Å². The Hall–Kier alpha value is -5.63. The van der Waals surface area contributed by atoms with Crippen LogP contribution in [0.3, 0.4) is 0 Å². The van der Waals surface area contributed by atoms with Crippen LogP contribution in [0, 0.1) is 0 Å². The minimum Gasteiger partial charge on any atom is -0.394 e. The summed E-state index contributed by atoms with van der Waals surface area (Å²) in [5.41, 5.74) is 0. The monoisotopic (exact) mass is 2070 g/mol. The molecular weight excluding hydrogens is 1940 g/mol. The smallest absolute Gasteiger partial charge is 0.217 e. The van der Waals surface area contributed by atoms with Crippen molar-refractivity contribution in [2.75, 3.05) is 66.1 Å². The van der Waals surface area contributed by atoms with Crippen molar-refractivity contribution in [3.63, 3.8) is 0 Å². The van der Waals surface area contributed by atoms with Crippen LogP contribution in [-0.4, -0.2) is 583 Å². The summed E-state index contributed by atoms with van der Waals surface area (Å²) in [5, 5.41) is 325. The normalized spacial score (nSPS) is 47.5. The van der Waals surface area contributed by atoms with Crippen molar-refractivity contribution in [2.45, 2.75) is 393 Å². The quantitative estimate of drug-likeness (QED) is 0.0275. The van der Waals surface area contributed by atoms with E-state index in [4.69, 9.17) is 99.5 Å². The van der Waals surface area contributed by atoms with Crippen LogP contribution in [-0.2, 0) is 133 Å². The van der Waals surface area contributed by atoms with Crippen molar-refractivity contribution in [2.24, 2.45) is 0 Å². The third-order valence-electron chi connectivity index (χ3n) is 25.7. The number of carbonyl (C=O) groups is 7.